The Labute approximate surface area is 121 Å². The van der Waals surface area contributed by atoms with Crippen molar-refractivity contribution in [3.8, 4) is 5.75 Å². The van der Waals surface area contributed by atoms with Crippen LogP contribution in [-0.4, -0.2) is 33.7 Å². The Kier molecular flexibility index (Phi) is 4.19. The predicted molar refractivity (Wildman–Crippen MR) is 73.4 cm³/mol. The van der Waals surface area contributed by atoms with Crippen molar-refractivity contribution in [2.75, 3.05) is 24.3 Å². The average Bonchev–Trinajstić information content (AvgIpc) is 2.67. The first kappa shape index (κ1) is 15.1. The van der Waals surface area contributed by atoms with Crippen molar-refractivity contribution in [2.24, 2.45) is 5.92 Å². The number of anilines is 1. The quantitative estimate of drug-likeness (QED) is 0.796. The van der Waals surface area contributed by atoms with Crippen molar-refractivity contribution >= 4 is 33.4 Å². The van der Waals surface area contributed by atoms with Crippen LogP contribution in [0.1, 0.15) is 6.42 Å². The molecule has 1 heterocycles. The molecule has 1 unspecified atom stereocenters. The van der Waals surface area contributed by atoms with Crippen LogP contribution in [-0.2, 0) is 15.0 Å². The summed E-state index contributed by atoms with van der Waals surface area (Å²) < 4.78 is 39.2. The van der Waals surface area contributed by atoms with Crippen LogP contribution in [0.5, 0.6) is 5.75 Å². The third-order valence-corrected chi connectivity index (χ3v) is 4.25. The molecule has 1 amide bonds. The fourth-order valence-corrected chi connectivity index (χ4v) is 3.35. The highest BCUT2D eigenvalue weighted by Crippen LogP contribution is 2.38. The number of benzene rings is 1. The molecule has 1 fully saturated rings. The maximum Gasteiger partial charge on any atom is 0.302 e. The Bertz CT molecular complexity index is 634. The Balaban J connectivity index is 2.27. The molecule has 110 valence electrons. The number of rotatable bonds is 4. The number of hydrogen-bond donors (Lipinski definition) is 0. The van der Waals surface area contributed by atoms with Crippen LogP contribution >= 0.6 is 11.6 Å². The molecule has 2 rings (SSSR count). The zero-order valence-electron chi connectivity index (χ0n) is 10.7. The Morgan fingerprint density at radius 2 is 2.20 bits per heavy atom. The number of carbonyl (C=O) groups is 1. The van der Waals surface area contributed by atoms with Crippen LogP contribution in [0.3, 0.4) is 0 Å². The van der Waals surface area contributed by atoms with E-state index in [1.165, 1.54) is 12.0 Å². The molecular weight excluding hydrogens is 309 g/mol. The van der Waals surface area contributed by atoms with Gasteiger partial charge in [-0.25, -0.2) is 0 Å². The molecule has 0 N–H and O–H groups in total. The van der Waals surface area contributed by atoms with Crippen LogP contribution in [0, 0.1) is 5.92 Å². The topological polar surface area (TPSA) is 63.7 Å². The molecule has 1 saturated heterocycles. The number of hydrogen-bond acceptors (Lipinski definition) is 4. The lowest BCUT2D eigenvalue weighted by Gasteiger charge is -2.20. The lowest BCUT2D eigenvalue weighted by atomic mass is 10.1. The van der Waals surface area contributed by atoms with Crippen molar-refractivity contribution in [1.29, 1.82) is 0 Å². The van der Waals surface area contributed by atoms with Gasteiger partial charge in [0, 0.05) is 18.9 Å². The molecule has 1 aromatic rings. The average molecular weight is 322 g/mol. The number of para-hydroxylation sites is 1. The molecule has 1 aliphatic rings. The summed E-state index contributed by atoms with van der Waals surface area (Å²) in [6.45, 7) is 0.124. The van der Waals surface area contributed by atoms with Gasteiger partial charge in [-0.2, -0.15) is 8.42 Å². The lowest BCUT2D eigenvalue weighted by molar-refractivity contribution is -0.117. The summed E-state index contributed by atoms with van der Waals surface area (Å²) in [4.78, 5) is 13.3. The minimum Gasteiger partial charge on any atom is -0.493 e. The summed E-state index contributed by atoms with van der Waals surface area (Å²) in [6.07, 6.45) is -0.0151. The number of halogens is 2. The van der Waals surface area contributed by atoms with Crippen LogP contribution in [0.15, 0.2) is 18.2 Å². The molecule has 0 aromatic heterocycles. The van der Waals surface area contributed by atoms with E-state index in [1.54, 1.807) is 18.2 Å². The Hall–Kier alpha value is -1.34. The van der Waals surface area contributed by atoms with E-state index in [4.69, 9.17) is 16.3 Å². The fraction of sp³-hybridized carbons (Fsp3) is 0.417. The molecule has 1 aliphatic heterocycles. The highest BCUT2D eigenvalue weighted by Gasteiger charge is 2.35. The van der Waals surface area contributed by atoms with Gasteiger partial charge < -0.3 is 9.64 Å². The van der Waals surface area contributed by atoms with E-state index in [0.717, 1.165) is 0 Å². The second-order valence-electron chi connectivity index (χ2n) is 4.57. The monoisotopic (exact) mass is 321 g/mol. The Morgan fingerprint density at radius 1 is 1.50 bits per heavy atom. The summed E-state index contributed by atoms with van der Waals surface area (Å²) in [5, 5.41) is 0.347. The summed E-state index contributed by atoms with van der Waals surface area (Å²) in [5.41, 5.74) is 0.462. The number of amides is 1. The summed E-state index contributed by atoms with van der Waals surface area (Å²) >= 11 is 5.98. The van der Waals surface area contributed by atoms with Crippen LogP contribution in [0.25, 0.3) is 0 Å². The van der Waals surface area contributed by atoms with E-state index in [9.17, 15) is 17.1 Å². The van der Waals surface area contributed by atoms with Crippen LogP contribution in [0.4, 0.5) is 9.57 Å². The van der Waals surface area contributed by atoms with Gasteiger partial charge in [-0.1, -0.05) is 17.7 Å². The minimum absolute atomic E-state index is 0.0151. The minimum atomic E-state index is -4.60. The highest BCUT2D eigenvalue weighted by atomic mass is 35.5. The molecular formula is C12H13ClFNO4S. The van der Waals surface area contributed by atoms with Crippen molar-refractivity contribution in [3.63, 3.8) is 0 Å². The second-order valence-corrected chi connectivity index (χ2v) is 6.39. The van der Waals surface area contributed by atoms with E-state index >= 15 is 0 Å². The number of nitrogens with zero attached hydrogens (tertiary/aromatic N) is 1. The number of methoxy groups -OCH3 is 1. The van der Waals surface area contributed by atoms with Gasteiger partial charge in [0.05, 0.1) is 23.6 Å². The molecule has 0 spiro atoms. The molecule has 20 heavy (non-hydrogen) atoms. The van der Waals surface area contributed by atoms with E-state index in [0.29, 0.717) is 16.5 Å². The molecule has 8 heteroatoms. The maximum absolute atomic E-state index is 12.7. The van der Waals surface area contributed by atoms with E-state index in [1.807, 2.05) is 0 Å². The van der Waals surface area contributed by atoms with Crippen LogP contribution < -0.4 is 9.64 Å². The number of ether oxygens (including phenoxy) is 1. The normalized spacial score (nSPS) is 19.4. The lowest BCUT2D eigenvalue weighted by Crippen LogP contribution is -2.25. The van der Waals surface area contributed by atoms with E-state index in [-0.39, 0.29) is 18.9 Å². The first-order chi connectivity index (χ1) is 9.31. The van der Waals surface area contributed by atoms with Crippen molar-refractivity contribution < 1.29 is 21.8 Å². The van der Waals surface area contributed by atoms with Gasteiger partial charge in [0.1, 0.15) is 0 Å². The molecule has 5 nitrogen and oxygen atoms in total. The van der Waals surface area contributed by atoms with Gasteiger partial charge in [0.15, 0.2) is 5.75 Å². The standard InChI is InChI=1S/C12H13ClFNO4S/c1-19-12-9(13)3-2-4-10(12)15-6-8(5-11(15)16)7-20(14,17)18/h2-4,8H,5-7H2,1H3. The Morgan fingerprint density at radius 3 is 2.80 bits per heavy atom. The first-order valence-electron chi connectivity index (χ1n) is 5.87. The van der Waals surface area contributed by atoms with E-state index < -0.39 is 21.9 Å². The third kappa shape index (κ3) is 3.21. The predicted octanol–water partition coefficient (Wildman–Crippen LogP) is 2.00. The van der Waals surface area contributed by atoms with Crippen molar-refractivity contribution in [3.05, 3.63) is 23.2 Å². The zero-order valence-corrected chi connectivity index (χ0v) is 12.2. The van der Waals surface area contributed by atoms with Crippen molar-refractivity contribution in [2.45, 2.75) is 6.42 Å². The molecule has 1 aromatic carbocycles. The van der Waals surface area contributed by atoms with Gasteiger partial charge in [-0.05, 0) is 12.1 Å². The molecule has 0 saturated carbocycles. The third-order valence-electron chi connectivity index (χ3n) is 3.08. The SMILES string of the molecule is COc1c(Cl)cccc1N1CC(CS(=O)(=O)F)CC1=O. The number of carbonyl (C=O) groups excluding carboxylic acids is 1. The fourth-order valence-electron chi connectivity index (χ4n) is 2.32. The van der Waals surface area contributed by atoms with Gasteiger partial charge in [0.25, 0.3) is 0 Å². The molecule has 0 bridgehead atoms. The van der Waals surface area contributed by atoms with E-state index in [2.05, 4.69) is 0 Å². The first-order valence-corrected chi connectivity index (χ1v) is 7.80. The maximum atomic E-state index is 12.7. The second kappa shape index (κ2) is 5.57. The summed E-state index contributed by atoms with van der Waals surface area (Å²) in [6, 6.07) is 4.93. The van der Waals surface area contributed by atoms with Gasteiger partial charge in [-0.3, -0.25) is 4.79 Å². The van der Waals surface area contributed by atoms with Crippen molar-refractivity contribution in [1.82, 2.24) is 0 Å². The molecule has 1 atom stereocenters. The van der Waals surface area contributed by atoms with Crippen LogP contribution in [0.2, 0.25) is 5.02 Å². The summed E-state index contributed by atoms with van der Waals surface area (Å²) in [5.74, 6) is -1.16. The van der Waals surface area contributed by atoms with Gasteiger partial charge in [-0.15, -0.1) is 3.89 Å². The smallest absolute Gasteiger partial charge is 0.302 e. The zero-order chi connectivity index (χ0) is 14.9. The van der Waals surface area contributed by atoms with Gasteiger partial charge >= 0.3 is 10.2 Å². The molecule has 0 aliphatic carbocycles. The highest BCUT2D eigenvalue weighted by molar-refractivity contribution is 7.86. The largest absolute Gasteiger partial charge is 0.493 e. The molecule has 0 radical (unpaired) electrons. The van der Waals surface area contributed by atoms with Gasteiger partial charge in [0.2, 0.25) is 5.91 Å². The summed E-state index contributed by atoms with van der Waals surface area (Å²) in [7, 11) is -3.17.